The molecule has 0 fully saturated rings. The number of hydrogen-bond donors (Lipinski definition) is 1. The van der Waals surface area contributed by atoms with Crippen LogP contribution in [-0.4, -0.2) is 11.1 Å². The Balaban J connectivity index is 2.37. The molecule has 0 bridgehead atoms. The Kier molecular flexibility index (Phi) is 3.26. The molecule has 1 N–H and O–H groups in total. The summed E-state index contributed by atoms with van der Waals surface area (Å²) in [6.45, 7) is 5.52. The molecule has 0 atom stereocenters. The normalized spacial score (nSPS) is 11.5. The lowest BCUT2D eigenvalue weighted by molar-refractivity contribution is -0.142. The van der Waals surface area contributed by atoms with E-state index >= 15 is 0 Å². The highest BCUT2D eigenvalue weighted by Crippen LogP contribution is 2.33. The van der Waals surface area contributed by atoms with Crippen LogP contribution >= 0.6 is 11.3 Å². The lowest BCUT2D eigenvalue weighted by Crippen LogP contribution is -2.27. The Morgan fingerprint density at radius 3 is 2.39 bits per heavy atom. The maximum absolute atomic E-state index is 11.2. The van der Waals surface area contributed by atoms with E-state index in [1.807, 2.05) is 11.4 Å². The quantitative estimate of drug-likeness (QED) is 0.902. The number of carboxylic acid groups (broad SMARTS) is 1. The molecule has 0 aliphatic rings. The Labute approximate surface area is 111 Å². The van der Waals surface area contributed by atoms with Crippen LogP contribution in [0, 0.1) is 6.92 Å². The van der Waals surface area contributed by atoms with Crippen LogP contribution < -0.4 is 0 Å². The maximum Gasteiger partial charge on any atom is 0.313 e. The van der Waals surface area contributed by atoms with E-state index in [4.69, 9.17) is 0 Å². The van der Waals surface area contributed by atoms with Crippen molar-refractivity contribution in [1.29, 1.82) is 0 Å². The minimum Gasteiger partial charge on any atom is -0.481 e. The van der Waals surface area contributed by atoms with Gasteiger partial charge in [0.1, 0.15) is 0 Å². The van der Waals surface area contributed by atoms with Gasteiger partial charge in [0.25, 0.3) is 0 Å². The highest BCUT2D eigenvalue weighted by Gasteiger charge is 2.30. The number of benzene rings is 1. The number of thiophene rings is 1. The lowest BCUT2D eigenvalue weighted by Gasteiger charge is -2.17. The van der Waals surface area contributed by atoms with Crippen molar-refractivity contribution in [3.05, 3.63) is 46.8 Å². The number of rotatable bonds is 3. The molecule has 0 aliphatic heterocycles. The van der Waals surface area contributed by atoms with Crippen molar-refractivity contribution in [2.75, 3.05) is 0 Å². The van der Waals surface area contributed by atoms with Gasteiger partial charge in [-0.3, -0.25) is 4.79 Å². The zero-order chi connectivity index (χ0) is 13.3. The molecule has 2 rings (SSSR count). The van der Waals surface area contributed by atoms with Crippen molar-refractivity contribution in [2.45, 2.75) is 26.2 Å². The van der Waals surface area contributed by atoms with Crippen LogP contribution in [0.2, 0.25) is 0 Å². The molecular formula is C15H16O2S. The maximum atomic E-state index is 11.2. The van der Waals surface area contributed by atoms with E-state index in [9.17, 15) is 9.90 Å². The second-order valence-electron chi connectivity index (χ2n) is 5.00. The zero-order valence-electron chi connectivity index (χ0n) is 10.7. The molecule has 0 amide bonds. The number of hydrogen-bond acceptors (Lipinski definition) is 2. The molecule has 1 heterocycles. The summed E-state index contributed by atoms with van der Waals surface area (Å²) in [6.07, 6.45) is 0. The molecule has 0 unspecified atom stereocenters. The van der Waals surface area contributed by atoms with E-state index in [2.05, 4.69) is 31.2 Å². The zero-order valence-corrected chi connectivity index (χ0v) is 11.5. The lowest BCUT2D eigenvalue weighted by atomic mass is 9.86. The standard InChI is InChI=1S/C15H16O2S/c1-10-4-6-11(7-5-10)13-8-12(9-18-13)15(2,3)14(16)17/h4-9H,1-3H3,(H,16,17). The van der Waals surface area contributed by atoms with Gasteiger partial charge in [-0.2, -0.15) is 0 Å². The minimum absolute atomic E-state index is 0.796. The van der Waals surface area contributed by atoms with Crippen LogP contribution in [0.5, 0.6) is 0 Å². The fourth-order valence-electron chi connectivity index (χ4n) is 1.66. The van der Waals surface area contributed by atoms with E-state index in [0.717, 1.165) is 16.0 Å². The molecule has 3 heteroatoms. The molecule has 0 aliphatic carbocycles. The topological polar surface area (TPSA) is 37.3 Å². The summed E-state index contributed by atoms with van der Waals surface area (Å²) >= 11 is 1.59. The van der Waals surface area contributed by atoms with Gasteiger partial charge in [-0.1, -0.05) is 29.8 Å². The van der Waals surface area contributed by atoms with Crippen LogP contribution in [0.1, 0.15) is 25.0 Å². The van der Waals surface area contributed by atoms with Crippen molar-refractivity contribution < 1.29 is 9.90 Å². The van der Waals surface area contributed by atoms with Crippen molar-refractivity contribution in [1.82, 2.24) is 0 Å². The molecule has 0 radical (unpaired) electrons. The summed E-state index contributed by atoms with van der Waals surface area (Å²) in [6, 6.07) is 10.2. The minimum atomic E-state index is -0.834. The van der Waals surface area contributed by atoms with Crippen LogP contribution in [0.25, 0.3) is 10.4 Å². The predicted molar refractivity (Wildman–Crippen MR) is 75.2 cm³/mol. The van der Waals surface area contributed by atoms with E-state index < -0.39 is 11.4 Å². The highest BCUT2D eigenvalue weighted by molar-refractivity contribution is 7.13. The molecule has 0 saturated carbocycles. The summed E-state index contributed by atoms with van der Waals surface area (Å²) < 4.78 is 0. The number of carbonyl (C=O) groups is 1. The van der Waals surface area contributed by atoms with Crippen molar-refractivity contribution in [3.63, 3.8) is 0 Å². The van der Waals surface area contributed by atoms with E-state index in [-0.39, 0.29) is 0 Å². The molecule has 2 nitrogen and oxygen atoms in total. The third-order valence-corrected chi connectivity index (χ3v) is 4.17. The molecule has 2 aromatic rings. The molecule has 94 valence electrons. The van der Waals surface area contributed by atoms with Gasteiger partial charge in [-0.05, 0) is 43.3 Å². The first-order valence-electron chi connectivity index (χ1n) is 5.80. The van der Waals surface area contributed by atoms with Crippen LogP contribution in [0.3, 0.4) is 0 Å². The van der Waals surface area contributed by atoms with E-state index in [1.54, 1.807) is 25.2 Å². The van der Waals surface area contributed by atoms with Crippen molar-refractivity contribution in [2.24, 2.45) is 0 Å². The van der Waals surface area contributed by atoms with Crippen molar-refractivity contribution >= 4 is 17.3 Å². The summed E-state index contributed by atoms with van der Waals surface area (Å²) in [5.74, 6) is -0.796. The van der Waals surface area contributed by atoms with Crippen molar-refractivity contribution in [3.8, 4) is 10.4 Å². The van der Waals surface area contributed by atoms with Gasteiger partial charge < -0.3 is 5.11 Å². The first-order valence-corrected chi connectivity index (χ1v) is 6.68. The molecule has 0 saturated heterocycles. The SMILES string of the molecule is Cc1ccc(-c2cc(C(C)(C)C(=O)O)cs2)cc1. The first-order chi connectivity index (χ1) is 8.41. The molecule has 1 aromatic carbocycles. The van der Waals surface area contributed by atoms with Crippen LogP contribution in [0.15, 0.2) is 35.7 Å². The number of aryl methyl sites for hydroxylation is 1. The summed E-state index contributed by atoms with van der Waals surface area (Å²) in [5, 5.41) is 11.1. The summed E-state index contributed by atoms with van der Waals surface area (Å²) in [5.41, 5.74) is 2.38. The highest BCUT2D eigenvalue weighted by atomic mass is 32.1. The Hall–Kier alpha value is -1.61. The fraction of sp³-hybridized carbons (Fsp3) is 0.267. The third kappa shape index (κ3) is 2.31. The van der Waals surface area contributed by atoms with Crippen LogP contribution in [-0.2, 0) is 10.2 Å². The van der Waals surface area contributed by atoms with Gasteiger partial charge in [0.2, 0.25) is 0 Å². The largest absolute Gasteiger partial charge is 0.481 e. The molecule has 18 heavy (non-hydrogen) atoms. The first kappa shape index (κ1) is 12.8. The monoisotopic (exact) mass is 260 g/mol. The van der Waals surface area contributed by atoms with E-state index in [1.165, 1.54) is 5.56 Å². The smallest absolute Gasteiger partial charge is 0.313 e. The van der Waals surface area contributed by atoms with Crippen LogP contribution in [0.4, 0.5) is 0 Å². The van der Waals surface area contributed by atoms with Gasteiger partial charge in [-0.25, -0.2) is 0 Å². The Morgan fingerprint density at radius 1 is 1.22 bits per heavy atom. The second-order valence-corrected chi connectivity index (χ2v) is 5.91. The molecular weight excluding hydrogens is 244 g/mol. The summed E-state index contributed by atoms with van der Waals surface area (Å²) in [4.78, 5) is 12.3. The third-order valence-electron chi connectivity index (χ3n) is 3.19. The molecule has 0 spiro atoms. The average molecular weight is 260 g/mol. The van der Waals surface area contributed by atoms with Gasteiger partial charge in [0, 0.05) is 4.88 Å². The van der Waals surface area contributed by atoms with Gasteiger partial charge >= 0.3 is 5.97 Å². The second kappa shape index (κ2) is 4.58. The predicted octanol–water partition coefficient (Wildman–Crippen LogP) is 4.09. The van der Waals surface area contributed by atoms with Gasteiger partial charge in [0.05, 0.1) is 5.41 Å². The number of carboxylic acids is 1. The Bertz CT molecular complexity index is 564. The van der Waals surface area contributed by atoms with Gasteiger partial charge in [-0.15, -0.1) is 11.3 Å². The summed E-state index contributed by atoms with van der Waals surface area (Å²) in [7, 11) is 0. The number of aliphatic carboxylic acids is 1. The molecule has 1 aromatic heterocycles. The fourth-order valence-corrected chi connectivity index (χ4v) is 2.74. The van der Waals surface area contributed by atoms with Gasteiger partial charge in [0.15, 0.2) is 0 Å². The van der Waals surface area contributed by atoms with E-state index in [0.29, 0.717) is 0 Å². The Morgan fingerprint density at radius 2 is 1.83 bits per heavy atom. The average Bonchev–Trinajstić information content (AvgIpc) is 2.79.